The number of hydrogen-bond acceptors (Lipinski definition) is 7. The average Bonchev–Trinajstić information content (AvgIpc) is 3.65. The SMILES string of the molecule is CC(=O)N1CCN(c2cccc(-c3cc(-c4cnn(C5CCOC5)c4)c4c(N)ncnn34)c2)C(=O)C1(C)C. The van der Waals surface area contributed by atoms with Crippen LogP contribution in [-0.2, 0) is 14.3 Å². The summed E-state index contributed by atoms with van der Waals surface area (Å²) in [5, 5.41) is 9.09. The number of carbonyl (C=O) groups is 2. The zero-order valence-electron chi connectivity index (χ0n) is 21.7. The molecule has 2 saturated heterocycles. The van der Waals surface area contributed by atoms with Crippen molar-refractivity contribution in [3.63, 3.8) is 0 Å². The van der Waals surface area contributed by atoms with Crippen molar-refractivity contribution in [3.8, 4) is 22.4 Å². The highest BCUT2D eigenvalue weighted by Crippen LogP contribution is 2.37. The summed E-state index contributed by atoms with van der Waals surface area (Å²) in [6, 6.07) is 10.0. The Morgan fingerprint density at radius 3 is 2.76 bits per heavy atom. The van der Waals surface area contributed by atoms with Crippen LogP contribution in [0.15, 0.2) is 49.1 Å². The second kappa shape index (κ2) is 8.95. The first-order chi connectivity index (χ1) is 18.3. The largest absolute Gasteiger partial charge is 0.382 e. The van der Waals surface area contributed by atoms with Crippen LogP contribution in [0.5, 0.6) is 0 Å². The van der Waals surface area contributed by atoms with E-state index in [9.17, 15) is 9.59 Å². The predicted octanol–water partition coefficient (Wildman–Crippen LogP) is 2.78. The second-order valence-electron chi connectivity index (χ2n) is 10.3. The molecule has 2 aliphatic heterocycles. The van der Waals surface area contributed by atoms with E-state index in [1.165, 1.54) is 13.3 Å². The molecule has 0 saturated carbocycles. The Morgan fingerprint density at radius 1 is 1.16 bits per heavy atom. The van der Waals surface area contributed by atoms with E-state index in [0.29, 0.717) is 31.0 Å². The lowest BCUT2D eigenvalue weighted by atomic mass is 9.96. The fraction of sp³-hybridized carbons (Fsp3) is 0.370. The van der Waals surface area contributed by atoms with Gasteiger partial charge in [0, 0.05) is 55.2 Å². The van der Waals surface area contributed by atoms with Crippen LogP contribution >= 0.6 is 0 Å². The first kappa shape index (κ1) is 24.1. The van der Waals surface area contributed by atoms with E-state index in [4.69, 9.17) is 10.5 Å². The van der Waals surface area contributed by atoms with Crippen LogP contribution in [0.2, 0.25) is 0 Å². The molecule has 11 heteroatoms. The number of ether oxygens (including phenoxy) is 1. The molecule has 0 spiro atoms. The van der Waals surface area contributed by atoms with Crippen LogP contribution in [0, 0.1) is 0 Å². The van der Waals surface area contributed by atoms with Crippen LogP contribution in [-0.4, -0.2) is 72.9 Å². The molecule has 4 aromatic rings. The molecule has 196 valence electrons. The Kier molecular flexibility index (Phi) is 5.68. The van der Waals surface area contributed by atoms with Crippen molar-refractivity contribution in [2.24, 2.45) is 0 Å². The molecule has 1 aromatic carbocycles. The number of anilines is 2. The van der Waals surface area contributed by atoms with Gasteiger partial charge in [-0.25, -0.2) is 9.50 Å². The smallest absolute Gasteiger partial charge is 0.252 e. The lowest BCUT2D eigenvalue weighted by molar-refractivity contribution is -0.145. The molecule has 0 aliphatic carbocycles. The lowest BCUT2D eigenvalue weighted by Gasteiger charge is -2.45. The van der Waals surface area contributed by atoms with Gasteiger partial charge in [-0.05, 0) is 38.5 Å². The summed E-state index contributed by atoms with van der Waals surface area (Å²) in [5.41, 5.74) is 10.3. The van der Waals surface area contributed by atoms with E-state index in [1.54, 1.807) is 28.2 Å². The normalized spacial score (nSPS) is 19.4. The fourth-order valence-corrected chi connectivity index (χ4v) is 5.56. The van der Waals surface area contributed by atoms with Crippen molar-refractivity contribution in [3.05, 3.63) is 49.1 Å². The molecule has 5 heterocycles. The quantitative estimate of drug-likeness (QED) is 0.444. The third-order valence-electron chi connectivity index (χ3n) is 7.60. The van der Waals surface area contributed by atoms with Gasteiger partial charge in [0.25, 0.3) is 5.91 Å². The van der Waals surface area contributed by atoms with Crippen molar-refractivity contribution in [1.82, 2.24) is 29.3 Å². The van der Waals surface area contributed by atoms with Gasteiger partial charge < -0.3 is 20.3 Å². The molecule has 2 amide bonds. The maximum absolute atomic E-state index is 13.4. The Balaban J connectivity index is 1.40. The van der Waals surface area contributed by atoms with Crippen LogP contribution in [0.4, 0.5) is 11.5 Å². The number of rotatable bonds is 4. The first-order valence-electron chi connectivity index (χ1n) is 12.7. The Hall–Kier alpha value is -4.25. The number of piperazine rings is 1. The summed E-state index contributed by atoms with van der Waals surface area (Å²) >= 11 is 0. The third-order valence-corrected chi connectivity index (χ3v) is 7.60. The Morgan fingerprint density at radius 2 is 2.00 bits per heavy atom. The highest BCUT2D eigenvalue weighted by atomic mass is 16.5. The predicted molar refractivity (Wildman–Crippen MR) is 142 cm³/mol. The standard InChI is InChI=1S/C27H30N8O3/c1-17(36)33-9-8-32(26(37)27(33,2)3)20-6-4-5-18(11-20)23-12-22(24-25(28)29-16-31-35(23)24)19-13-30-34(14-19)21-7-10-38-15-21/h4-6,11-14,16,21H,7-10,15H2,1-3H3,(H2,28,29,31). The average molecular weight is 515 g/mol. The van der Waals surface area contributed by atoms with Crippen molar-refractivity contribution in [2.45, 2.75) is 38.8 Å². The minimum Gasteiger partial charge on any atom is -0.382 e. The second-order valence-corrected chi connectivity index (χ2v) is 10.3. The van der Waals surface area contributed by atoms with Gasteiger partial charge in [-0.3, -0.25) is 14.3 Å². The number of amides is 2. The molecule has 0 bridgehead atoms. The summed E-state index contributed by atoms with van der Waals surface area (Å²) < 4.78 is 9.25. The molecule has 0 radical (unpaired) electrons. The summed E-state index contributed by atoms with van der Waals surface area (Å²) in [4.78, 5) is 33.2. The fourth-order valence-electron chi connectivity index (χ4n) is 5.56. The van der Waals surface area contributed by atoms with E-state index >= 15 is 0 Å². The molecule has 11 nitrogen and oxygen atoms in total. The van der Waals surface area contributed by atoms with Gasteiger partial charge in [-0.1, -0.05) is 12.1 Å². The van der Waals surface area contributed by atoms with Crippen molar-refractivity contribution in [2.75, 3.05) is 36.9 Å². The van der Waals surface area contributed by atoms with Gasteiger partial charge in [0.15, 0.2) is 5.82 Å². The first-order valence-corrected chi connectivity index (χ1v) is 12.7. The summed E-state index contributed by atoms with van der Waals surface area (Å²) in [5.74, 6) is 0.142. The summed E-state index contributed by atoms with van der Waals surface area (Å²) in [6.45, 7) is 7.35. The molecule has 3 aromatic heterocycles. The lowest BCUT2D eigenvalue weighted by Crippen LogP contribution is -2.64. The minimum atomic E-state index is -0.929. The van der Waals surface area contributed by atoms with E-state index in [1.807, 2.05) is 47.4 Å². The van der Waals surface area contributed by atoms with Crippen LogP contribution < -0.4 is 10.6 Å². The number of carbonyl (C=O) groups excluding carboxylic acids is 2. The van der Waals surface area contributed by atoms with Gasteiger partial charge >= 0.3 is 0 Å². The van der Waals surface area contributed by atoms with Crippen molar-refractivity contribution < 1.29 is 14.3 Å². The van der Waals surface area contributed by atoms with Gasteiger partial charge in [-0.2, -0.15) is 10.2 Å². The Labute approximate surface area is 219 Å². The topological polar surface area (TPSA) is 124 Å². The molecular weight excluding hydrogens is 484 g/mol. The monoisotopic (exact) mass is 514 g/mol. The highest BCUT2D eigenvalue weighted by Gasteiger charge is 2.43. The number of aromatic nitrogens is 5. The van der Waals surface area contributed by atoms with Crippen LogP contribution in [0.25, 0.3) is 27.9 Å². The number of nitrogens with zero attached hydrogens (tertiary/aromatic N) is 7. The molecular formula is C27H30N8O3. The van der Waals surface area contributed by atoms with Crippen molar-refractivity contribution >= 4 is 28.8 Å². The maximum atomic E-state index is 13.4. The van der Waals surface area contributed by atoms with Crippen LogP contribution in [0.1, 0.15) is 33.2 Å². The highest BCUT2D eigenvalue weighted by molar-refractivity contribution is 6.03. The maximum Gasteiger partial charge on any atom is 0.252 e. The number of benzene rings is 1. The molecule has 1 unspecified atom stereocenters. The Bertz CT molecular complexity index is 1550. The zero-order chi connectivity index (χ0) is 26.6. The molecule has 2 N–H and O–H groups in total. The number of hydrogen-bond donors (Lipinski definition) is 1. The number of nitrogens with two attached hydrogens (primary N) is 1. The summed E-state index contributed by atoms with van der Waals surface area (Å²) in [7, 11) is 0. The molecule has 1 atom stereocenters. The van der Waals surface area contributed by atoms with Gasteiger partial charge in [0.1, 0.15) is 17.4 Å². The zero-order valence-corrected chi connectivity index (χ0v) is 21.7. The van der Waals surface area contributed by atoms with E-state index in [2.05, 4.69) is 15.2 Å². The van der Waals surface area contributed by atoms with Crippen LogP contribution in [0.3, 0.4) is 0 Å². The van der Waals surface area contributed by atoms with Gasteiger partial charge in [0.2, 0.25) is 5.91 Å². The minimum absolute atomic E-state index is 0.106. The third kappa shape index (κ3) is 3.81. The van der Waals surface area contributed by atoms with Gasteiger partial charge in [-0.15, -0.1) is 0 Å². The molecule has 2 fully saturated rings. The van der Waals surface area contributed by atoms with Crippen molar-refractivity contribution in [1.29, 1.82) is 0 Å². The molecule has 2 aliphatic rings. The number of fused-ring (bicyclic) bond motifs is 1. The number of nitrogen functional groups attached to an aromatic ring is 1. The molecule has 38 heavy (non-hydrogen) atoms. The van der Waals surface area contributed by atoms with E-state index < -0.39 is 5.54 Å². The summed E-state index contributed by atoms with van der Waals surface area (Å²) in [6.07, 6.45) is 6.20. The van der Waals surface area contributed by atoms with E-state index in [0.717, 1.165) is 41.1 Å². The van der Waals surface area contributed by atoms with E-state index in [-0.39, 0.29) is 17.9 Å². The van der Waals surface area contributed by atoms with Gasteiger partial charge in [0.05, 0.1) is 24.5 Å². The molecule has 6 rings (SSSR count).